The lowest BCUT2D eigenvalue weighted by Crippen LogP contribution is -2.26. The number of hydrogen-bond donors (Lipinski definition) is 1. The van der Waals surface area contributed by atoms with Crippen LogP contribution in [-0.4, -0.2) is 11.2 Å². The van der Waals surface area contributed by atoms with Gasteiger partial charge in [0.25, 0.3) is 0 Å². The standard InChI is InChI=1S/C22H26N2OS2/c1-14(26-16-8-6-5-7-9-16)20(25)24-21-18(13-23)17-11-10-15(22(2,3)4)12-19(17)27-21/h5-9,14-15H,10-12H2,1-4H3,(H,24,25). The maximum absolute atomic E-state index is 12.7. The van der Waals surface area contributed by atoms with Gasteiger partial charge in [-0.1, -0.05) is 39.0 Å². The summed E-state index contributed by atoms with van der Waals surface area (Å²) in [5, 5.41) is 13.2. The lowest BCUT2D eigenvalue weighted by molar-refractivity contribution is -0.115. The van der Waals surface area contributed by atoms with Crippen LogP contribution >= 0.6 is 23.1 Å². The molecule has 1 amide bonds. The number of thioether (sulfide) groups is 1. The Morgan fingerprint density at radius 3 is 2.67 bits per heavy atom. The molecule has 0 saturated heterocycles. The molecule has 2 unspecified atom stereocenters. The molecule has 1 heterocycles. The number of anilines is 1. The Kier molecular flexibility index (Phi) is 5.98. The molecule has 0 saturated carbocycles. The summed E-state index contributed by atoms with van der Waals surface area (Å²) in [6.45, 7) is 8.76. The van der Waals surface area contributed by atoms with Crippen LogP contribution in [0.25, 0.3) is 0 Å². The van der Waals surface area contributed by atoms with Gasteiger partial charge >= 0.3 is 0 Å². The molecule has 0 aliphatic heterocycles. The van der Waals surface area contributed by atoms with Gasteiger partial charge in [-0.25, -0.2) is 0 Å². The van der Waals surface area contributed by atoms with Crippen molar-refractivity contribution < 1.29 is 4.79 Å². The van der Waals surface area contributed by atoms with Gasteiger partial charge in [0, 0.05) is 9.77 Å². The summed E-state index contributed by atoms with van der Waals surface area (Å²) in [5.74, 6) is 0.567. The van der Waals surface area contributed by atoms with Crippen LogP contribution in [0.4, 0.5) is 5.00 Å². The van der Waals surface area contributed by atoms with Gasteiger partial charge in [0.15, 0.2) is 0 Å². The Labute approximate surface area is 170 Å². The minimum Gasteiger partial charge on any atom is -0.316 e. The molecule has 1 aliphatic carbocycles. The van der Waals surface area contributed by atoms with E-state index in [1.807, 2.05) is 37.3 Å². The van der Waals surface area contributed by atoms with Gasteiger partial charge in [-0.05, 0) is 55.2 Å². The van der Waals surface area contributed by atoms with Crippen molar-refractivity contribution >= 4 is 34.0 Å². The minimum absolute atomic E-state index is 0.0497. The summed E-state index contributed by atoms with van der Waals surface area (Å²) in [6, 6.07) is 12.3. The summed E-state index contributed by atoms with van der Waals surface area (Å²) >= 11 is 3.13. The predicted octanol–water partition coefficient (Wildman–Crippen LogP) is 5.89. The maximum Gasteiger partial charge on any atom is 0.238 e. The Balaban J connectivity index is 1.75. The number of fused-ring (bicyclic) bond motifs is 1. The lowest BCUT2D eigenvalue weighted by Gasteiger charge is -2.33. The van der Waals surface area contributed by atoms with E-state index in [-0.39, 0.29) is 16.6 Å². The number of amides is 1. The van der Waals surface area contributed by atoms with E-state index >= 15 is 0 Å². The van der Waals surface area contributed by atoms with Crippen LogP contribution in [0.2, 0.25) is 0 Å². The number of carbonyl (C=O) groups is 1. The van der Waals surface area contributed by atoms with Gasteiger partial charge in [-0.3, -0.25) is 4.79 Å². The van der Waals surface area contributed by atoms with Crippen molar-refractivity contribution in [2.24, 2.45) is 11.3 Å². The highest BCUT2D eigenvalue weighted by atomic mass is 32.2. The number of hydrogen-bond acceptors (Lipinski definition) is 4. The Morgan fingerprint density at radius 2 is 2.04 bits per heavy atom. The molecule has 1 aromatic heterocycles. The number of rotatable bonds is 4. The Hall–Kier alpha value is -1.77. The molecule has 1 aliphatic rings. The molecule has 3 nitrogen and oxygen atoms in total. The third-order valence-electron chi connectivity index (χ3n) is 5.26. The van der Waals surface area contributed by atoms with Crippen molar-refractivity contribution in [3.63, 3.8) is 0 Å². The van der Waals surface area contributed by atoms with Crippen LogP contribution in [0.15, 0.2) is 35.2 Å². The van der Waals surface area contributed by atoms with Crippen molar-refractivity contribution in [1.29, 1.82) is 5.26 Å². The third kappa shape index (κ3) is 4.56. The molecule has 1 aromatic carbocycles. The van der Waals surface area contributed by atoms with Crippen LogP contribution < -0.4 is 5.32 Å². The first kappa shape index (κ1) is 20.0. The highest BCUT2D eigenvalue weighted by molar-refractivity contribution is 8.00. The number of benzene rings is 1. The molecule has 27 heavy (non-hydrogen) atoms. The van der Waals surface area contributed by atoms with E-state index in [0.717, 1.165) is 34.7 Å². The van der Waals surface area contributed by atoms with Gasteiger partial charge in [0.1, 0.15) is 11.1 Å². The summed E-state index contributed by atoms with van der Waals surface area (Å²) in [4.78, 5) is 15.0. The number of carbonyl (C=O) groups excluding carboxylic acids is 1. The summed E-state index contributed by atoms with van der Waals surface area (Å²) < 4.78 is 0. The molecule has 1 N–H and O–H groups in total. The molecular formula is C22H26N2OS2. The van der Waals surface area contributed by atoms with Crippen LogP contribution in [0.3, 0.4) is 0 Å². The number of nitrogens with zero attached hydrogens (tertiary/aromatic N) is 1. The SMILES string of the molecule is CC(Sc1ccccc1)C(=O)Nc1sc2c(c1C#N)CCC(C(C)(C)C)C2. The molecule has 2 aromatic rings. The molecule has 0 spiro atoms. The molecule has 5 heteroatoms. The molecule has 0 bridgehead atoms. The maximum atomic E-state index is 12.7. The van der Waals surface area contributed by atoms with Crippen LogP contribution in [0.5, 0.6) is 0 Å². The molecule has 2 atom stereocenters. The highest BCUT2D eigenvalue weighted by Crippen LogP contribution is 2.44. The third-order valence-corrected chi connectivity index (χ3v) is 7.55. The quantitative estimate of drug-likeness (QED) is 0.653. The van der Waals surface area contributed by atoms with Crippen LogP contribution in [0, 0.1) is 22.7 Å². The van der Waals surface area contributed by atoms with Crippen molar-refractivity contribution in [3.05, 3.63) is 46.3 Å². The lowest BCUT2D eigenvalue weighted by atomic mass is 9.72. The van der Waals surface area contributed by atoms with Crippen molar-refractivity contribution in [2.75, 3.05) is 5.32 Å². The van der Waals surface area contributed by atoms with E-state index < -0.39 is 0 Å². The highest BCUT2D eigenvalue weighted by Gasteiger charge is 2.32. The van der Waals surface area contributed by atoms with E-state index in [1.165, 1.54) is 16.6 Å². The molecule has 3 rings (SSSR count). The van der Waals surface area contributed by atoms with Crippen LogP contribution in [-0.2, 0) is 17.6 Å². The molecule has 0 radical (unpaired) electrons. The van der Waals surface area contributed by atoms with E-state index in [9.17, 15) is 10.1 Å². The zero-order valence-electron chi connectivity index (χ0n) is 16.3. The van der Waals surface area contributed by atoms with Gasteiger partial charge in [0.2, 0.25) is 5.91 Å². The second kappa shape index (κ2) is 8.08. The zero-order valence-corrected chi connectivity index (χ0v) is 18.0. The van der Waals surface area contributed by atoms with Crippen molar-refractivity contribution in [2.45, 2.75) is 57.1 Å². The average molecular weight is 399 g/mol. The Morgan fingerprint density at radius 1 is 1.33 bits per heavy atom. The fraction of sp³-hybridized carbons (Fsp3) is 0.455. The first-order valence-corrected chi connectivity index (χ1v) is 11.1. The van der Waals surface area contributed by atoms with Gasteiger partial charge in [-0.15, -0.1) is 23.1 Å². The fourth-order valence-electron chi connectivity index (χ4n) is 3.50. The van der Waals surface area contributed by atoms with E-state index in [1.54, 1.807) is 11.3 Å². The second-order valence-electron chi connectivity index (χ2n) is 8.19. The average Bonchev–Trinajstić information content (AvgIpc) is 2.97. The topological polar surface area (TPSA) is 52.9 Å². The summed E-state index contributed by atoms with van der Waals surface area (Å²) in [7, 11) is 0. The normalized spacial score (nSPS) is 17.7. The first-order valence-electron chi connectivity index (χ1n) is 9.36. The van der Waals surface area contributed by atoms with E-state index in [0.29, 0.717) is 11.5 Å². The molecule has 142 valence electrons. The molecular weight excluding hydrogens is 372 g/mol. The first-order chi connectivity index (χ1) is 12.8. The van der Waals surface area contributed by atoms with E-state index in [4.69, 9.17) is 0 Å². The number of nitrogens with one attached hydrogen (secondary N) is 1. The Bertz CT molecular complexity index is 859. The van der Waals surface area contributed by atoms with Crippen molar-refractivity contribution in [1.82, 2.24) is 0 Å². The van der Waals surface area contributed by atoms with Crippen LogP contribution in [0.1, 0.15) is 50.1 Å². The van der Waals surface area contributed by atoms with Crippen molar-refractivity contribution in [3.8, 4) is 6.07 Å². The van der Waals surface area contributed by atoms with Gasteiger partial charge in [-0.2, -0.15) is 5.26 Å². The molecule has 0 fully saturated rings. The largest absolute Gasteiger partial charge is 0.316 e. The summed E-state index contributed by atoms with van der Waals surface area (Å²) in [5.41, 5.74) is 2.09. The number of nitriles is 1. The number of thiophene rings is 1. The van der Waals surface area contributed by atoms with Gasteiger partial charge in [0.05, 0.1) is 10.8 Å². The minimum atomic E-state index is -0.222. The fourth-order valence-corrected chi connectivity index (χ4v) is 5.67. The smallest absolute Gasteiger partial charge is 0.238 e. The van der Waals surface area contributed by atoms with Gasteiger partial charge < -0.3 is 5.32 Å². The zero-order chi connectivity index (χ0) is 19.6. The monoisotopic (exact) mass is 398 g/mol. The predicted molar refractivity (Wildman–Crippen MR) is 114 cm³/mol. The van der Waals surface area contributed by atoms with E-state index in [2.05, 4.69) is 32.2 Å². The summed E-state index contributed by atoms with van der Waals surface area (Å²) in [6.07, 6.45) is 3.04. The second-order valence-corrected chi connectivity index (χ2v) is 10.7.